The molecule has 0 bridgehead atoms. The standard InChI is InChI=1S/C31H34Cl2FN3O4S/c1-21-11-17-26(18-12-21)42(40,41)37(28-10-6-9-27(32)30(28)33)20-29(38)36(19-23-13-15-24(34)16-14-23)22(2)31(39)35-25-7-4-3-5-8-25/h6,9-18,22,25H,3-5,7-8,19-20H2,1-2H3,(H,35,39)/t22-/m0/s1. The van der Waals surface area contributed by atoms with Crippen molar-refractivity contribution in [1.29, 1.82) is 0 Å². The Labute approximate surface area is 256 Å². The Morgan fingerprint density at radius 2 is 1.62 bits per heavy atom. The molecule has 7 nitrogen and oxygen atoms in total. The molecule has 4 rings (SSSR count). The van der Waals surface area contributed by atoms with Gasteiger partial charge >= 0.3 is 0 Å². The zero-order valence-corrected chi connectivity index (χ0v) is 25.9. The molecule has 2 amide bonds. The van der Waals surface area contributed by atoms with E-state index in [0.717, 1.165) is 42.0 Å². The monoisotopic (exact) mass is 633 g/mol. The van der Waals surface area contributed by atoms with E-state index in [2.05, 4.69) is 5.32 Å². The molecule has 0 saturated heterocycles. The molecule has 3 aromatic rings. The second-order valence-corrected chi connectivity index (χ2v) is 13.2. The van der Waals surface area contributed by atoms with Gasteiger partial charge in [-0.25, -0.2) is 12.8 Å². The zero-order valence-electron chi connectivity index (χ0n) is 23.5. The minimum Gasteiger partial charge on any atom is -0.352 e. The van der Waals surface area contributed by atoms with Crippen LogP contribution in [0.4, 0.5) is 10.1 Å². The van der Waals surface area contributed by atoms with Gasteiger partial charge in [-0.2, -0.15) is 0 Å². The van der Waals surface area contributed by atoms with Gasteiger partial charge in [-0.05, 0) is 68.7 Å². The van der Waals surface area contributed by atoms with Crippen molar-refractivity contribution in [3.05, 3.63) is 93.7 Å². The van der Waals surface area contributed by atoms with E-state index >= 15 is 0 Å². The van der Waals surface area contributed by atoms with Crippen LogP contribution in [0.15, 0.2) is 71.6 Å². The normalized spacial score (nSPS) is 14.7. The maximum atomic E-state index is 14.1. The summed E-state index contributed by atoms with van der Waals surface area (Å²) < 4.78 is 42.5. The lowest BCUT2D eigenvalue weighted by molar-refractivity contribution is -0.139. The van der Waals surface area contributed by atoms with Gasteiger partial charge in [0.25, 0.3) is 10.0 Å². The second kappa shape index (κ2) is 13.9. The average Bonchev–Trinajstić information content (AvgIpc) is 2.97. The van der Waals surface area contributed by atoms with Crippen LogP contribution in [0.1, 0.15) is 50.2 Å². The molecule has 0 aromatic heterocycles. The van der Waals surface area contributed by atoms with E-state index in [0.29, 0.717) is 5.56 Å². The number of anilines is 1. The van der Waals surface area contributed by atoms with Crippen molar-refractivity contribution in [1.82, 2.24) is 10.2 Å². The number of carbonyl (C=O) groups excluding carboxylic acids is 2. The summed E-state index contributed by atoms with van der Waals surface area (Å²) >= 11 is 12.7. The predicted molar refractivity (Wildman–Crippen MR) is 164 cm³/mol. The first kappa shape index (κ1) is 31.8. The first-order valence-corrected chi connectivity index (χ1v) is 16.0. The minimum atomic E-state index is -4.29. The van der Waals surface area contributed by atoms with Crippen LogP contribution < -0.4 is 9.62 Å². The first-order chi connectivity index (χ1) is 20.0. The summed E-state index contributed by atoms with van der Waals surface area (Å²) in [6.45, 7) is 2.74. The number of benzene rings is 3. The number of hydrogen-bond donors (Lipinski definition) is 1. The maximum Gasteiger partial charge on any atom is 0.264 e. The highest BCUT2D eigenvalue weighted by Gasteiger charge is 2.34. The molecule has 224 valence electrons. The Balaban J connectivity index is 1.70. The van der Waals surface area contributed by atoms with Crippen molar-refractivity contribution in [2.24, 2.45) is 0 Å². The number of hydrogen-bond acceptors (Lipinski definition) is 4. The smallest absolute Gasteiger partial charge is 0.264 e. The molecule has 1 aliphatic rings. The van der Waals surface area contributed by atoms with Crippen LogP contribution >= 0.6 is 23.2 Å². The van der Waals surface area contributed by atoms with Crippen LogP contribution in [0.3, 0.4) is 0 Å². The lowest BCUT2D eigenvalue weighted by Crippen LogP contribution is -2.53. The summed E-state index contributed by atoms with van der Waals surface area (Å²) in [4.78, 5) is 28.7. The van der Waals surface area contributed by atoms with Gasteiger partial charge in [-0.3, -0.25) is 13.9 Å². The molecule has 0 spiro atoms. The first-order valence-electron chi connectivity index (χ1n) is 13.8. The summed E-state index contributed by atoms with van der Waals surface area (Å²) in [6, 6.07) is 15.4. The van der Waals surface area contributed by atoms with Crippen molar-refractivity contribution >= 4 is 50.7 Å². The number of aryl methyl sites for hydroxylation is 1. The number of carbonyl (C=O) groups is 2. The molecule has 1 fully saturated rings. The highest BCUT2D eigenvalue weighted by molar-refractivity contribution is 7.92. The molecule has 3 aromatic carbocycles. The molecule has 42 heavy (non-hydrogen) atoms. The quantitative estimate of drug-likeness (QED) is 0.276. The molecule has 1 saturated carbocycles. The third kappa shape index (κ3) is 7.62. The zero-order chi connectivity index (χ0) is 30.4. The van der Waals surface area contributed by atoms with Crippen molar-refractivity contribution in [3.63, 3.8) is 0 Å². The summed E-state index contributed by atoms with van der Waals surface area (Å²) in [5.41, 5.74) is 1.47. The summed E-state index contributed by atoms with van der Waals surface area (Å²) in [7, 11) is -4.29. The molecule has 1 atom stereocenters. The summed E-state index contributed by atoms with van der Waals surface area (Å²) in [6.07, 6.45) is 4.88. The molecular weight excluding hydrogens is 600 g/mol. The third-order valence-corrected chi connectivity index (χ3v) is 10.1. The van der Waals surface area contributed by atoms with Gasteiger partial charge in [0.1, 0.15) is 18.4 Å². The predicted octanol–water partition coefficient (Wildman–Crippen LogP) is 6.50. The highest BCUT2D eigenvalue weighted by Crippen LogP contribution is 2.35. The Hall–Kier alpha value is -3.14. The fourth-order valence-electron chi connectivity index (χ4n) is 4.97. The van der Waals surface area contributed by atoms with Crippen molar-refractivity contribution in [2.75, 3.05) is 10.8 Å². The molecule has 0 radical (unpaired) electrons. The van der Waals surface area contributed by atoms with E-state index in [-0.39, 0.29) is 39.1 Å². The number of halogens is 3. The second-order valence-electron chi connectivity index (χ2n) is 10.6. The Bertz CT molecular complexity index is 1510. The van der Waals surface area contributed by atoms with Crippen LogP contribution in [-0.2, 0) is 26.2 Å². The van der Waals surface area contributed by atoms with Crippen LogP contribution in [0, 0.1) is 12.7 Å². The number of nitrogens with zero attached hydrogens (tertiary/aromatic N) is 2. The molecule has 0 unspecified atom stereocenters. The summed E-state index contributed by atoms with van der Waals surface area (Å²) in [5.74, 6) is -1.42. The Kier molecular flexibility index (Phi) is 10.5. The number of sulfonamides is 1. The Morgan fingerprint density at radius 1 is 0.976 bits per heavy atom. The van der Waals surface area contributed by atoms with Gasteiger partial charge in [-0.15, -0.1) is 0 Å². The van der Waals surface area contributed by atoms with Crippen LogP contribution in [0.2, 0.25) is 10.0 Å². The number of amides is 2. The van der Waals surface area contributed by atoms with Gasteiger partial charge in [0.15, 0.2) is 0 Å². The molecule has 0 heterocycles. The molecule has 1 N–H and O–H groups in total. The van der Waals surface area contributed by atoms with Gasteiger partial charge in [0.2, 0.25) is 11.8 Å². The van der Waals surface area contributed by atoms with E-state index in [1.807, 2.05) is 6.92 Å². The van der Waals surface area contributed by atoms with Crippen LogP contribution in [0.5, 0.6) is 0 Å². The lowest BCUT2D eigenvalue weighted by Gasteiger charge is -2.33. The molecule has 0 aliphatic heterocycles. The van der Waals surface area contributed by atoms with Gasteiger partial charge in [0, 0.05) is 12.6 Å². The largest absolute Gasteiger partial charge is 0.352 e. The maximum absolute atomic E-state index is 14.1. The topological polar surface area (TPSA) is 86.8 Å². The van der Waals surface area contributed by atoms with Crippen molar-refractivity contribution in [2.45, 2.75) is 69.5 Å². The third-order valence-electron chi connectivity index (χ3n) is 7.47. The van der Waals surface area contributed by atoms with E-state index in [9.17, 15) is 22.4 Å². The number of nitrogens with one attached hydrogen (secondary N) is 1. The molecular formula is C31H34Cl2FN3O4S. The molecule has 1 aliphatic carbocycles. The van der Waals surface area contributed by atoms with Crippen LogP contribution in [-0.4, -0.2) is 43.8 Å². The van der Waals surface area contributed by atoms with Crippen molar-refractivity contribution < 1.29 is 22.4 Å². The van der Waals surface area contributed by atoms with E-state index in [1.165, 1.54) is 53.4 Å². The van der Waals surface area contributed by atoms with Crippen LogP contribution in [0.25, 0.3) is 0 Å². The van der Waals surface area contributed by atoms with E-state index in [1.54, 1.807) is 25.1 Å². The van der Waals surface area contributed by atoms with Crippen molar-refractivity contribution in [3.8, 4) is 0 Å². The van der Waals surface area contributed by atoms with Gasteiger partial charge in [0.05, 0.1) is 20.6 Å². The van der Waals surface area contributed by atoms with E-state index in [4.69, 9.17) is 23.2 Å². The van der Waals surface area contributed by atoms with Gasteiger partial charge in [-0.1, -0.05) is 78.4 Å². The van der Waals surface area contributed by atoms with Gasteiger partial charge < -0.3 is 10.2 Å². The SMILES string of the molecule is Cc1ccc(S(=O)(=O)N(CC(=O)N(Cc2ccc(F)cc2)[C@@H](C)C(=O)NC2CCCCC2)c2cccc(Cl)c2Cl)cc1. The highest BCUT2D eigenvalue weighted by atomic mass is 35.5. The fourth-order valence-corrected chi connectivity index (χ4v) is 6.85. The minimum absolute atomic E-state index is 0.0140. The fraction of sp³-hybridized carbons (Fsp3) is 0.355. The van der Waals surface area contributed by atoms with E-state index < -0.39 is 34.3 Å². The average molecular weight is 635 g/mol. The lowest BCUT2D eigenvalue weighted by atomic mass is 9.95. The Morgan fingerprint density at radius 3 is 2.26 bits per heavy atom. The molecule has 11 heteroatoms. The number of rotatable bonds is 10. The summed E-state index contributed by atoms with van der Waals surface area (Å²) in [5, 5.41) is 3.14.